The highest BCUT2D eigenvalue weighted by Crippen LogP contribution is 2.47. The summed E-state index contributed by atoms with van der Waals surface area (Å²) in [6.07, 6.45) is 0.110. The van der Waals surface area contributed by atoms with E-state index < -0.39 is 28.5 Å². The van der Waals surface area contributed by atoms with E-state index in [1.54, 1.807) is 25.6 Å². The average molecular weight is 540 g/mol. The van der Waals surface area contributed by atoms with Crippen molar-refractivity contribution in [2.45, 2.75) is 35.0 Å². The van der Waals surface area contributed by atoms with Gasteiger partial charge in [0.15, 0.2) is 6.61 Å². The molecule has 1 heterocycles. The lowest BCUT2D eigenvalue weighted by Gasteiger charge is -2.32. The number of ether oxygens (including phenoxy) is 1. The molecule has 3 aromatic carbocycles. The number of carbonyl (C=O) groups excluding carboxylic acids is 2. The smallest absolute Gasteiger partial charge is 0.308 e. The number of sulfonamides is 1. The molecule has 0 aliphatic carbocycles. The summed E-state index contributed by atoms with van der Waals surface area (Å²) in [6.45, 7) is 4.29. The minimum absolute atomic E-state index is 0.110. The Balaban J connectivity index is 1.30. The number of anilines is 3. The lowest BCUT2D eigenvalue weighted by Crippen LogP contribution is -2.30. The number of fused-ring (bicyclic) bond motifs is 2. The molecule has 10 heteroatoms. The van der Waals surface area contributed by atoms with E-state index in [0.29, 0.717) is 25.3 Å². The molecule has 8 nitrogen and oxygen atoms in total. The number of esters is 1. The highest BCUT2D eigenvalue weighted by Gasteiger charge is 2.24. The Bertz CT molecular complexity index is 1330. The van der Waals surface area contributed by atoms with Crippen LogP contribution in [-0.4, -0.2) is 50.8 Å². The largest absolute Gasteiger partial charge is 0.456 e. The summed E-state index contributed by atoms with van der Waals surface area (Å²) in [7, 11) is -3.57. The van der Waals surface area contributed by atoms with E-state index in [1.807, 2.05) is 36.4 Å². The van der Waals surface area contributed by atoms with Gasteiger partial charge in [0.05, 0.1) is 22.7 Å². The highest BCUT2D eigenvalue weighted by atomic mass is 32.2. The molecule has 0 bridgehead atoms. The molecule has 3 aromatic rings. The van der Waals surface area contributed by atoms with Gasteiger partial charge in [-0.25, -0.2) is 8.42 Å². The van der Waals surface area contributed by atoms with Crippen molar-refractivity contribution in [3.05, 3.63) is 72.8 Å². The summed E-state index contributed by atoms with van der Waals surface area (Å²) in [4.78, 5) is 29.2. The van der Waals surface area contributed by atoms with Crippen LogP contribution in [0.4, 0.5) is 17.1 Å². The van der Waals surface area contributed by atoms with Gasteiger partial charge in [-0.05, 0) is 48.5 Å². The van der Waals surface area contributed by atoms with Crippen molar-refractivity contribution in [1.82, 2.24) is 4.31 Å². The van der Waals surface area contributed by atoms with Crippen LogP contribution in [-0.2, 0) is 24.3 Å². The predicted octanol–water partition coefficient (Wildman–Crippen LogP) is 4.89. The average Bonchev–Trinajstić information content (AvgIpc) is 2.90. The second-order valence-electron chi connectivity index (χ2n) is 8.26. The lowest BCUT2D eigenvalue weighted by atomic mass is 10.2. The molecule has 1 aliphatic rings. The second kappa shape index (κ2) is 11.8. The van der Waals surface area contributed by atoms with E-state index in [2.05, 4.69) is 22.3 Å². The Morgan fingerprint density at radius 3 is 2.03 bits per heavy atom. The second-order valence-corrected chi connectivity index (χ2v) is 11.3. The van der Waals surface area contributed by atoms with Gasteiger partial charge in [-0.3, -0.25) is 9.59 Å². The molecule has 1 aliphatic heterocycles. The van der Waals surface area contributed by atoms with Gasteiger partial charge in [0.2, 0.25) is 10.0 Å². The Labute approximate surface area is 221 Å². The summed E-state index contributed by atoms with van der Waals surface area (Å²) < 4.78 is 31.7. The van der Waals surface area contributed by atoms with Crippen molar-refractivity contribution in [2.24, 2.45) is 0 Å². The topological polar surface area (TPSA) is 96.0 Å². The molecular weight excluding hydrogens is 510 g/mol. The van der Waals surface area contributed by atoms with Crippen molar-refractivity contribution < 1.29 is 22.7 Å². The van der Waals surface area contributed by atoms with Crippen LogP contribution in [0.5, 0.6) is 0 Å². The molecule has 0 unspecified atom stereocenters. The molecule has 0 aromatic heterocycles. The van der Waals surface area contributed by atoms with Gasteiger partial charge in [0, 0.05) is 35.1 Å². The summed E-state index contributed by atoms with van der Waals surface area (Å²) in [5.74, 6) is -0.984. The molecule has 4 rings (SSSR count). The number of para-hydroxylation sites is 2. The normalized spacial score (nSPS) is 12.6. The van der Waals surface area contributed by atoms with Crippen LogP contribution >= 0.6 is 11.8 Å². The van der Waals surface area contributed by atoms with Gasteiger partial charge in [0.1, 0.15) is 0 Å². The van der Waals surface area contributed by atoms with Gasteiger partial charge in [0.25, 0.3) is 5.91 Å². The zero-order valence-electron chi connectivity index (χ0n) is 20.7. The first-order valence-corrected chi connectivity index (χ1v) is 14.3. The summed E-state index contributed by atoms with van der Waals surface area (Å²) in [5, 5.41) is 2.63. The predicted molar refractivity (Wildman–Crippen MR) is 145 cm³/mol. The molecular formula is C27H29N3O5S2. The summed E-state index contributed by atoms with van der Waals surface area (Å²) in [6, 6.07) is 22.0. The minimum Gasteiger partial charge on any atom is -0.456 e. The Hall–Kier alpha value is -3.34. The number of benzene rings is 3. The fourth-order valence-electron chi connectivity index (χ4n) is 4.06. The number of hydrogen-bond donors (Lipinski definition) is 1. The summed E-state index contributed by atoms with van der Waals surface area (Å²) >= 11 is 1.69. The van der Waals surface area contributed by atoms with Crippen LogP contribution in [0, 0.1) is 0 Å². The number of nitrogens with one attached hydrogen (secondary N) is 1. The first-order valence-electron chi connectivity index (χ1n) is 12.0. The number of nitrogens with zero attached hydrogens (tertiary/aromatic N) is 2. The quantitative estimate of drug-likeness (QED) is 0.367. The molecule has 194 valence electrons. The molecule has 0 radical (unpaired) electrons. The first kappa shape index (κ1) is 26.7. The number of rotatable bonds is 10. The maximum atomic E-state index is 12.6. The van der Waals surface area contributed by atoms with Gasteiger partial charge in [-0.15, -0.1) is 0 Å². The lowest BCUT2D eigenvalue weighted by molar-refractivity contribution is -0.147. The third kappa shape index (κ3) is 6.15. The standard InChI is InChI=1S/C27H29N3O5S2/c1-3-29(4-2)37(33,34)21-15-13-20(14-16-21)28-26(31)19-35-27(32)17-18-30-22-9-5-7-11-24(22)36-25-12-8-6-10-23(25)30/h5-16H,3-4,17-19H2,1-2H3,(H,28,31). The molecule has 0 saturated heterocycles. The zero-order chi connectivity index (χ0) is 26.4. The van der Waals surface area contributed by atoms with Crippen molar-refractivity contribution in [1.29, 1.82) is 0 Å². The Morgan fingerprint density at radius 1 is 0.892 bits per heavy atom. The third-order valence-corrected chi connectivity index (χ3v) is 9.11. The molecule has 1 N–H and O–H groups in total. The van der Waals surface area contributed by atoms with Crippen LogP contribution in [0.3, 0.4) is 0 Å². The fourth-order valence-corrected chi connectivity index (χ4v) is 6.62. The first-order chi connectivity index (χ1) is 17.8. The Kier molecular flexibility index (Phi) is 8.52. The zero-order valence-corrected chi connectivity index (χ0v) is 22.3. The monoisotopic (exact) mass is 539 g/mol. The van der Waals surface area contributed by atoms with Gasteiger partial charge < -0.3 is 15.0 Å². The van der Waals surface area contributed by atoms with E-state index in [-0.39, 0.29) is 11.3 Å². The van der Waals surface area contributed by atoms with E-state index in [1.165, 1.54) is 28.6 Å². The van der Waals surface area contributed by atoms with E-state index in [4.69, 9.17) is 4.74 Å². The Morgan fingerprint density at radius 2 is 1.46 bits per heavy atom. The molecule has 0 saturated carbocycles. The van der Waals surface area contributed by atoms with Crippen LogP contribution in [0.1, 0.15) is 20.3 Å². The molecule has 1 amide bonds. The minimum atomic E-state index is -3.57. The molecule has 0 spiro atoms. The van der Waals surface area contributed by atoms with E-state index in [9.17, 15) is 18.0 Å². The van der Waals surface area contributed by atoms with Crippen LogP contribution in [0.2, 0.25) is 0 Å². The van der Waals surface area contributed by atoms with E-state index in [0.717, 1.165) is 21.2 Å². The van der Waals surface area contributed by atoms with Gasteiger partial charge >= 0.3 is 5.97 Å². The molecule has 0 atom stereocenters. The third-order valence-electron chi connectivity index (χ3n) is 5.92. The maximum Gasteiger partial charge on any atom is 0.308 e. The van der Waals surface area contributed by atoms with Crippen molar-refractivity contribution >= 4 is 50.7 Å². The van der Waals surface area contributed by atoms with Gasteiger partial charge in [-0.1, -0.05) is 49.9 Å². The highest BCUT2D eigenvalue weighted by molar-refractivity contribution is 7.99. The van der Waals surface area contributed by atoms with Crippen molar-refractivity contribution in [3.63, 3.8) is 0 Å². The van der Waals surface area contributed by atoms with Crippen molar-refractivity contribution in [3.8, 4) is 0 Å². The van der Waals surface area contributed by atoms with Crippen LogP contribution in [0.25, 0.3) is 0 Å². The number of hydrogen-bond acceptors (Lipinski definition) is 7. The van der Waals surface area contributed by atoms with Crippen LogP contribution < -0.4 is 10.2 Å². The van der Waals surface area contributed by atoms with Crippen molar-refractivity contribution in [2.75, 3.05) is 36.5 Å². The maximum absolute atomic E-state index is 12.6. The van der Waals surface area contributed by atoms with E-state index >= 15 is 0 Å². The molecule has 0 fully saturated rings. The SMILES string of the molecule is CCN(CC)S(=O)(=O)c1ccc(NC(=O)COC(=O)CCN2c3ccccc3Sc3ccccc32)cc1. The fraction of sp³-hybridized carbons (Fsp3) is 0.259. The van der Waals surface area contributed by atoms with Crippen LogP contribution in [0.15, 0.2) is 87.5 Å². The summed E-state index contributed by atoms with van der Waals surface area (Å²) in [5.41, 5.74) is 2.48. The molecule has 37 heavy (non-hydrogen) atoms. The van der Waals surface area contributed by atoms with Gasteiger partial charge in [-0.2, -0.15) is 4.31 Å². The number of carbonyl (C=O) groups is 2. The number of amides is 1.